The fraction of sp³-hybridized carbons (Fsp3) is 0.222. The van der Waals surface area contributed by atoms with Crippen molar-refractivity contribution in [1.82, 2.24) is 0 Å². The zero-order valence-corrected chi connectivity index (χ0v) is 9.76. The Kier molecular flexibility index (Phi) is 2.76. The Balaban J connectivity index is 2.40. The van der Waals surface area contributed by atoms with Crippen molar-refractivity contribution >= 4 is 49.6 Å². The molecule has 0 radical (unpaired) electrons. The monoisotopic (exact) mass is 246 g/mol. The van der Waals surface area contributed by atoms with Crippen molar-refractivity contribution in [1.29, 1.82) is 0 Å². The minimum absolute atomic E-state index is 0.267. The van der Waals surface area contributed by atoms with E-state index in [0.717, 1.165) is 9.40 Å². The van der Waals surface area contributed by atoms with Gasteiger partial charge in [-0.1, -0.05) is 11.6 Å². The predicted octanol–water partition coefficient (Wildman–Crippen LogP) is 3.79. The second-order valence-corrected chi connectivity index (χ2v) is 5.21. The van der Waals surface area contributed by atoms with Crippen LogP contribution in [-0.4, -0.2) is 12.6 Å². The molecule has 2 aromatic rings. The second-order valence-electron chi connectivity index (χ2n) is 2.62. The lowest BCUT2D eigenvalue weighted by Crippen LogP contribution is -2.01. The number of carbonyl (C=O) groups is 1. The summed E-state index contributed by atoms with van der Waals surface area (Å²) in [5, 5.41) is 3.53. The van der Waals surface area contributed by atoms with E-state index < -0.39 is 0 Å². The SMILES string of the molecule is CCOC(=O)c1cc2c(Cl)csc2s1. The van der Waals surface area contributed by atoms with E-state index >= 15 is 0 Å². The van der Waals surface area contributed by atoms with Crippen molar-refractivity contribution in [3.8, 4) is 0 Å². The first-order valence-electron chi connectivity index (χ1n) is 4.06. The lowest BCUT2D eigenvalue weighted by Gasteiger charge is -1.95. The minimum Gasteiger partial charge on any atom is -0.462 e. The van der Waals surface area contributed by atoms with Gasteiger partial charge in [-0.25, -0.2) is 4.79 Å². The number of thiophene rings is 2. The van der Waals surface area contributed by atoms with Gasteiger partial charge in [-0.3, -0.25) is 0 Å². The average molecular weight is 247 g/mol. The molecule has 0 saturated carbocycles. The van der Waals surface area contributed by atoms with Gasteiger partial charge >= 0.3 is 5.97 Å². The van der Waals surface area contributed by atoms with Gasteiger partial charge in [-0.2, -0.15) is 0 Å². The maximum Gasteiger partial charge on any atom is 0.348 e. The molecule has 0 saturated heterocycles. The van der Waals surface area contributed by atoms with Crippen LogP contribution in [0, 0.1) is 0 Å². The van der Waals surface area contributed by atoms with Crippen LogP contribution in [0.4, 0.5) is 0 Å². The maximum absolute atomic E-state index is 11.4. The molecule has 2 heterocycles. The van der Waals surface area contributed by atoms with Crippen LogP contribution >= 0.6 is 34.3 Å². The van der Waals surface area contributed by atoms with E-state index in [4.69, 9.17) is 16.3 Å². The highest BCUT2D eigenvalue weighted by Gasteiger charge is 2.13. The lowest BCUT2D eigenvalue weighted by molar-refractivity contribution is 0.0532. The molecular formula is C9H7ClO2S2. The van der Waals surface area contributed by atoms with Gasteiger partial charge in [0.15, 0.2) is 0 Å². The van der Waals surface area contributed by atoms with Crippen molar-refractivity contribution < 1.29 is 9.53 Å². The molecule has 2 aromatic heterocycles. The van der Waals surface area contributed by atoms with E-state index in [0.29, 0.717) is 16.5 Å². The van der Waals surface area contributed by atoms with Gasteiger partial charge < -0.3 is 4.74 Å². The molecule has 0 aromatic carbocycles. The summed E-state index contributed by atoms with van der Waals surface area (Å²) in [4.78, 5) is 12.0. The van der Waals surface area contributed by atoms with Crippen LogP contribution in [0.2, 0.25) is 5.02 Å². The van der Waals surface area contributed by atoms with Crippen molar-refractivity contribution in [2.75, 3.05) is 6.61 Å². The van der Waals surface area contributed by atoms with Gasteiger partial charge in [0, 0.05) is 10.8 Å². The zero-order chi connectivity index (χ0) is 10.1. The third-order valence-electron chi connectivity index (χ3n) is 1.70. The van der Waals surface area contributed by atoms with E-state index in [2.05, 4.69) is 0 Å². The highest BCUT2D eigenvalue weighted by atomic mass is 35.5. The average Bonchev–Trinajstić information content (AvgIpc) is 2.69. The summed E-state index contributed by atoms with van der Waals surface area (Å²) < 4.78 is 5.97. The van der Waals surface area contributed by atoms with Crippen LogP contribution in [0.15, 0.2) is 11.4 Å². The number of esters is 1. The second kappa shape index (κ2) is 3.88. The Morgan fingerprint density at radius 3 is 3.07 bits per heavy atom. The summed E-state index contributed by atoms with van der Waals surface area (Å²) in [6, 6.07) is 1.79. The molecule has 0 aliphatic rings. The van der Waals surface area contributed by atoms with Gasteiger partial charge in [0.05, 0.1) is 15.6 Å². The highest BCUT2D eigenvalue weighted by molar-refractivity contribution is 7.38. The number of hydrogen-bond donors (Lipinski definition) is 0. The van der Waals surface area contributed by atoms with Crippen LogP contribution in [0.25, 0.3) is 9.40 Å². The number of fused-ring (bicyclic) bond motifs is 1. The molecule has 0 fully saturated rings. The molecule has 0 N–H and O–H groups in total. The summed E-state index contributed by atoms with van der Waals surface area (Å²) in [5.41, 5.74) is 0. The van der Waals surface area contributed by atoms with Crippen LogP contribution in [0.3, 0.4) is 0 Å². The van der Waals surface area contributed by atoms with E-state index in [1.54, 1.807) is 24.3 Å². The third-order valence-corrected chi connectivity index (χ3v) is 4.38. The zero-order valence-electron chi connectivity index (χ0n) is 7.37. The molecule has 0 bridgehead atoms. The number of carbonyl (C=O) groups excluding carboxylic acids is 1. The molecule has 5 heteroatoms. The molecule has 14 heavy (non-hydrogen) atoms. The molecule has 74 valence electrons. The molecule has 0 amide bonds. The normalized spacial score (nSPS) is 10.7. The standard InChI is InChI=1S/C9H7ClO2S2/c1-2-12-8(11)7-3-5-6(10)4-13-9(5)14-7/h3-4H,2H2,1H3. The largest absolute Gasteiger partial charge is 0.462 e. The van der Waals surface area contributed by atoms with E-state index in [1.165, 1.54) is 11.3 Å². The molecular weight excluding hydrogens is 240 g/mol. The first kappa shape index (κ1) is 9.96. The molecule has 0 unspecified atom stereocenters. The third kappa shape index (κ3) is 1.65. The predicted molar refractivity (Wildman–Crippen MR) is 60.7 cm³/mol. The first-order chi connectivity index (χ1) is 6.72. The molecule has 0 aliphatic heterocycles. The Morgan fingerprint density at radius 2 is 2.43 bits per heavy atom. The maximum atomic E-state index is 11.4. The van der Waals surface area contributed by atoms with Crippen molar-refractivity contribution in [2.24, 2.45) is 0 Å². The van der Waals surface area contributed by atoms with E-state index in [9.17, 15) is 4.79 Å². The summed E-state index contributed by atoms with van der Waals surface area (Å²) in [6.07, 6.45) is 0. The van der Waals surface area contributed by atoms with Crippen molar-refractivity contribution in [3.05, 3.63) is 21.3 Å². The molecule has 2 nitrogen and oxygen atoms in total. The molecule has 2 rings (SSSR count). The van der Waals surface area contributed by atoms with Crippen LogP contribution < -0.4 is 0 Å². The van der Waals surface area contributed by atoms with Gasteiger partial charge in [0.2, 0.25) is 0 Å². The lowest BCUT2D eigenvalue weighted by atomic mass is 10.4. The van der Waals surface area contributed by atoms with Gasteiger partial charge in [-0.15, -0.1) is 22.7 Å². The fourth-order valence-corrected chi connectivity index (χ4v) is 3.53. The number of hydrogen-bond acceptors (Lipinski definition) is 4. The van der Waals surface area contributed by atoms with E-state index in [1.807, 2.05) is 5.38 Å². The Morgan fingerprint density at radius 1 is 1.64 bits per heavy atom. The first-order valence-corrected chi connectivity index (χ1v) is 6.13. The summed E-state index contributed by atoms with van der Waals surface area (Å²) in [7, 11) is 0. The molecule has 0 atom stereocenters. The number of halogens is 1. The highest BCUT2D eigenvalue weighted by Crippen LogP contribution is 2.36. The Hall–Kier alpha value is -0.580. The Bertz CT molecular complexity index is 472. The van der Waals surface area contributed by atoms with Crippen molar-refractivity contribution in [3.63, 3.8) is 0 Å². The summed E-state index contributed by atoms with van der Waals surface area (Å²) in [6.45, 7) is 2.19. The van der Waals surface area contributed by atoms with Crippen LogP contribution in [0.5, 0.6) is 0 Å². The van der Waals surface area contributed by atoms with E-state index in [-0.39, 0.29) is 5.97 Å². The van der Waals surface area contributed by atoms with Gasteiger partial charge in [0.25, 0.3) is 0 Å². The van der Waals surface area contributed by atoms with Gasteiger partial charge in [0.1, 0.15) is 4.88 Å². The quantitative estimate of drug-likeness (QED) is 0.754. The summed E-state index contributed by atoms with van der Waals surface area (Å²) >= 11 is 8.91. The summed E-state index contributed by atoms with van der Waals surface area (Å²) in [5.74, 6) is -0.267. The van der Waals surface area contributed by atoms with Crippen LogP contribution in [-0.2, 0) is 4.74 Å². The number of ether oxygens (including phenoxy) is 1. The smallest absolute Gasteiger partial charge is 0.348 e. The Labute approximate surface area is 94.1 Å². The topological polar surface area (TPSA) is 26.3 Å². The minimum atomic E-state index is -0.267. The number of rotatable bonds is 2. The fourth-order valence-electron chi connectivity index (χ4n) is 1.10. The van der Waals surface area contributed by atoms with Crippen molar-refractivity contribution in [2.45, 2.75) is 6.92 Å². The molecule has 0 aliphatic carbocycles. The van der Waals surface area contributed by atoms with Crippen LogP contribution in [0.1, 0.15) is 16.6 Å². The molecule has 0 spiro atoms. The van der Waals surface area contributed by atoms with Gasteiger partial charge in [-0.05, 0) is 13.0 Å².